The fourth-order valence-electron chi connectivity index (χ4n) is 1.63. The van der Waals surface area contributed by atoms with Gasteiger partial charge in [0.15, 0.2) is 0 Å². The second-order valence-corrected chi connectivity index (χ2v) is 4.96. The van der Waals surface area contributed by atoms with E-state index in [0.29, 0.717) is 28.7 Å². The van der Waals surface area contributed by atoms with Crippen LogP contribution in [0.3, 0.4) is 0 Å². The summed E-state index contributed by atoms with van der Waals surface area (Å²) in [6.45, 7) is 0.679. The molecule has 0 spiro atoms. The van der Waals surface area contributed by atoms with Crippen molar-refractivity contribution in [3.8, 4) is 0 Å². The Balaban J connectivity index is 2.00. The number of hydrogen-bond donors (Lipinski definition) is 3. The molecule has 1 fully saturated rings. The third-order valence-electron chi connectivity index (χ3n) is 2.95. The number of urea groups is 1. The molecule has 1 aromatic carbocycles. The number of benzene rings is 1. The molecule has 1 aliphatic rings. The molecule has 0 aliphatic heterocycles. The van der Waals surface area contributed by atoms with Crippen LogP contribution in [0.2, 0.25) is 5.02 Å². The van der Waals surface area contributed by atoms with Gasteiger partial charge in [0.25, 0.3) is 5.91 Å². The van der Waals surface area contributed by atoms with Crippen LogP contribution in [-0.4, -0.2) is 25.5 Å². The predicted octanol–water partition coefficient (Wildman–Crippen LogP) is 2.23. The first-order valence-electron chi connectivity index (χ1n) is 6.16. The summed E-state index contributed by atoms with van der Waals surface area (Å²) in [7, 11) is 1.55. The summed E-state index contributed by atoms with van der Waals surface area (Å²) in [6.07, 6.45) is 2.35. The zero-order chi connectivity index (χ0) is 13.8. The third-order valence-corrected chi connectivity index (χ3v) is 3.28. The summed E-state index contributed by atoms with van der Waals surface area (Å²) >= 11 is 5.99. The van der Waals surface area contributed by atoms with Crippen molar-refractivity contribution < 1.29 is 9.59 Å². The highest BCUT2D eigenvalue weighted by atomic mass is 35.5. The van der Waals surface area contributed by atoms with Crippen molar-refractivity contribution in [2.24, 2.45) is 5.92 Å². The summed E-state index contributed by atoms with van der Waals surface area (Å²) < 4.78 is 0. The van der Waals surface area contributed by atoms with Crippen molar-refractivity contribution >= 4 is 29.2 Å². The van der Waals surface area contributed by atoms with E-state index in [4.69, 9.17) is 11.6 Å². The highest BCUT2D eigenvalue weighted by molar-refractivity contribution is 6.33. The van der Waals surface area contributed by atoms with Crippen molar-refractivity contribution in [2.75, 3.05) is 18.9 Å². The molecule has 6 heteroatoms. The van der Waals surface area contributed by atoms with E-state index >= 15 is 0 Å². The SMILES string of the molecule is CNC(=O)c1ccc(Cl)c(NC(=O)NCC2CC2)c1. The Kier molecular flexibility index (Phi) is 4.27. The van der Waals surface area contributed by atoms with E-state index in [0.717, 1.165) is 0 Å². The zero-order valence-corrected chi connectivity index (χ0v) is 11.4. The quantitative estimate of drug-likeness (QED) is 0.792. The summed E-state index contributed by atoms with van der Waals surface area (Å²) in [4.78, 5) is 23.2. The number of carbonyl (C=O) groups excluding carboxylic acids is 2. The van der Waals surface area contributed by atoms with Crippen LogP contribution >= 0.6 is 11.6 Å². The molecule has 2 rings (SSSR count). The Morgan fingerprint density at radius 3 is 2.74 bits per heavy atom. The zero-order valence-electron chi connectivity index (χ0n) is 10.6. The number of rotatable bonds is 4. The van der Waals surface area contributed by atoms with Crippen LogP contribution in [0, 0.1) is 5.92 Å². The van der Waals surface area contributed by atoms with Crippen LogP contribution in [-0.2, 0) is 0 Å². The van der Waals surface area contributed by atoms with Crippen LogP contribution in [0.25, 0.3) is 0 Å². The standard InChI is InChI=1S/C13H16ClN3O2/c1-15-12(18)9-4-5-10(14)11(6-9)17-13(19)16-7-8-2-3-8/h4-6,8H,2-3,7H2,1H3,(H,15,18)(H2,16,17,19). The topological polar surface area (TPSA) is 70.2 Å². The van der Waals surface area contributed by atoms with E-state index in [1.807, 2.05) is 0 Å². The molecular formula is C13H16ClN3O2. The minimum absolute atomic E-state index is 0.224. The van der Waals surface area contributed by atoms with Gasteiger partial charge in [0.05, 0.1) is 10.7 Å². The van der Waals surface area contributed by atoms with Crippen LogP contribution in [0.15, 0.2) is 18.2 Å². The monoisotopic (exact) mass is 281 g/mol. The molecule has 0 saturated heterocycles. The van der Waals surface area contributed by atoms with Gasteiger partial charge in [0, 0.05) is 19.2 Å². The number of hydrogen-bond acceptors (Lipinski definition) is 2. The summed E-state index contributed by atoms with van der Waals surface area (Å²) in [5, 5.41) is 8.34. The average Bonchev–Trinajstić information content (AvgIpc) is 3.22. The van der Waals surface area contributed by atoms with Crippen molar-refractivity contribution in [2.45, 2.75) is 12.8 Å². The van der Waals surface area contributed by atoms with Crippen molar-refractivity contribution in [3.63, 3.8) is 0 Å². The van der Waals surface area contributed by atoms with Gasteiger partial charge in [-0.3, -0.25) is 4.79 Å². The van der Waals surface area contributed by atoms with Gasteiger partial charge in [-0.2, -0.15) is 0 Å². The van der Waals surface area contributed by atoms with Gasteiger partial charge >= 0.3 is 6.03 Å². The lowest BCUT2D eigenvalue weighted by atomic mass is 10.2. The van der Waals surface area contributed by atoms with Gasteiger partial charge in [0.1, 0.15) is 0 Å². The fourth-order valence-corrected chi connectivity index (χ4v) is 1.80. The first kappa shape index (κ1) is 13.7. The summed E-state index contributed by atoms with van der Waals surface area (Å²) in [6, 6.07) is 4.44. The summed E-state index contributed by atoms with van der Waals surface area (Å²) in [5.41, 5.74) is 0.875. The molecule has 1 saturated carbocycles. The second-order valence-electron chi connectivity index (χ2n) is 4.55. The van der Waals surface area contributed by atoms with Gasteiger partial charge in [-0.1, -0.05) is 11.6 Å². The maximum absolute atomic E-state index is 11.7. The van der Waals surface area contributed by atoms with Gasteiger partial charge < -0.3 is 16.0 Å². The van der Waals surface area contributed by atoms with Crippen LogP contribution in [0.5, 0.6) is 0 Å². The molecule has 102 valence electrons. The normalized spacial score (nSPS) is 13.8. The van der Waals surface area contributed by atoms with E-state index in [1.165, 1.54) is 12.8 Å². The average molecular weight is 282 g/mol. The van der Waals surface area contributed by atoms with E-state index in [2.05, 4.69) is 16.0 Å². The second kappa shape index (κ2) is 5.93. The smallest absolute Gasteiger partial charge is 0.319 e. The number of carbonyl (C=O) groups is 2. The molecule has 1 aromatic rings. The molecule has 3 amide bonds. The molecule has 0 bridgehead atoms. The largest absolute Gasteiger partial charge is 0.355 e. The number of amides is 3. The van der Waals surface area contributed by atoms with Crippen molar-refractivity contribution in [3.05, 3.63) is 28.8 Å². The Bertz CT molecular complexity index is 501. The van der Waals surface area contributed by atoms with Crippen molar-refractivity contribution in [1.29, 1.82) is 0 Å². The first-order valence-corrected chi connectivity index (χ1v) is 6.54. The maximum Gasteiger partial charge on any atom is 0.319 e. The molecule has 0 unspecified atom stereocenters. The van der Waals surface area contributed by atoms with Gasteiger partial charge in [0.2, 0.25) is 0 Å². The van der Waals surface area contributed by atoms with E-state index in [9.17, 15) is 9.59 Å². The number of anilines is 1. The molecule has 0 atom stereocenters. The van der Waals surface area contributed by atoms with E-state index in [-0.39, 0.29) is 11.9 Å². The molecule has 1 aliphatic carbocycles. The third kappa shape index (κ3) is 3.86. The van der Waals surface area contributed by atoms with Gasteiger partial charge in [-0.25, -0.2) is 4.79 Å². The van der Waals surface area contributed by atoms with Gasteiger partial charge in [-0.05, 0) is 37.0 Å². The molecular weight excluding hydrogens is 266 g/mol. The molecule has 0 radical (unpaired) electrons. The molecule has 5 nitrogen and oxygen atoms in total. The Morgan fingerprint density at radius 1 is 1.37 bits per heavy atom. The van der Waals surface area contributed by atoms with E-state index < -0.39 is 0 Å². The Labute approximate surface area is 116 Å². The fraction of sp³-hybridized carbons (Fsp3) is 0.385. The van der Waals surface area contributed by atoms with Crippen LogP contribution in [0.1, 0.15) is 23.2 Å². The van der Waals surface area contributed by atoms with Crippen LogP contribution < -0.4 is 16.0 Å². The van der Waals surface area contributed by atoms with Crippen molar-refractivity contribution in [1.82, 2.24) is 10.6 Å². The molecule has 19 heavy (non-hydrogen) atoms. The van der Waals surface area contributed by atoms with E-state index in [1.54, 1.807) is 25.2 Å². The Morgan fingerprint density at radius 2 is 2.11 bits per heavy atom. The predicted molar refractivity (Wildman–Crippen MR) is 74.6 cm³/mol. The lowest BCUT2D eigenvalue weighted by Gasteiger charge is -2.10. The number of nitrogens with one attached hydrogen (secondary N) is 3. The van der Waals surface area contributed by atoms with Crippen LogP contribution in [0.4, 0.5) is 10.5 Å². The molecule has 3 N–H and O–H groups in total. The molecule has 0 heterocycles. The minimum Gasteiger partial charge on any atom is -0.355 e. The molecule has 0 aromatic heterocycles. The first-order chi connectivity index (χ1) is 9.10. The van der Waals surface area contributed by atoms with Gasteiger partial charge in [-0.15, -0.1) is 0 Å². The highest BCUT2D eigenvalue weighted by Crippen LogP contribution is 2.27. The minimum atomic E-state index is -0.303. The summed E-state index contributed by atoms with van der Waals surface area (Å²) in [5.74, 6) is 0.386. The highest BCUT2D eigenvalue weighted by Gasteiger charge is 2.21. The lowest BCUT2D eigenvalue weighted by molar-refractivity contribution is 0.0963. The number of halogens is 1. The Hall–Kier alpha value is -1.75. The lowest BCUT2D eigenvalue weighted by Crippen LogP contribution is -2.30. The maximum atomic E-state index is 11.7.